The molecule has 188 valence electrons. The Hall–Kier alpha value is -2.02. The van der Waals surface area contributed by atoms with Crippen LogP contribution in [0.3, 0.4) is 0 Å². The lowest BCUT2D eigenvalue weighted by molar-refractivity contribution is -0.128. The normalized spacial score (nSPS) is 20.1. The van der Waals surface area contributed by atoms with E-state index in [0.717, 1.165) is 35.7 Å². The number of nitrogens with zero attached hydrogens (tertiary/aromatic N) is 4. The maximum absolute atomic E-state index is 11.8. The van der Waals surface area contributed by atoms with E-state index in [0.29, 0.717) is 6.54 Å². The summed E-state index contributed by atoms with van der Waals surface area (Å²) in [5, 5.41) is 0. The number of rotatable bonds is 10. The average Bonchev–Trinajstić information content (AvgIpc) is 2.88. The molecule has 6 nitrogen and oxygen atoms in total. The summed E-state index contributed by atoms with van der Waals surface area (Å²) in [6.45, 7) is 11.1. The van der Waals surface area contributed by atoms with Crippen molar-refractivity contribution in [1.29, 1.82) is 0 Å². The van der Waals surface area contributed by atoms with Crippen molar-refractivity contribution in [2.24, 2.45) is 16.6 Å². The van der Waals surface area contributed by atoms with Crippen molar-refractivity contribution in [2.45, 2.75) is 65.1 Å². The standard InChI is InChI=1S/C28H45N5O/c1-4-26(27-10-8-9-25(19-27)22-31(3)28(34)20-29)21-30-23(2)33-17-12-24(13-18-33)11-16-32-14-6-5-7-15-32/h4,8-10,19,21,23-24H,5-7,11-18,20,22,29H2,1-3H3/b26-4+,30-21?. The van der Waals surface area contributed by atoms with Gasteiger partial charge in [-0.3, -0.25) is 14.7 Å². The molecule has 2 aliphatic heterocycles. The van der Waals surface area contributed by atoms with Crippen LogP contribution in [0, 0.1) is 5.92 Å². The number of likely N-dealkylation sites (tertiary alicyclic amines) is 2. The van der Waals surface area contributed by atoms with Gasteiger partial charge in [-0.25, -0.2) is 0 Å². The number of amides is 1. The van der Waals surface area contributed by atoms with Crippen LogP contribution in [-0.4, -0.2) is 79.3 Å². The van der Waals surface area contributed by atoms with Crippen molar-refractivity contribution in [3.63, 3.8) is 0 Å². The highest BCUT2D eigenvalue weighted by Crippen LogP contribution is 2.24. The van der Waals surface area contributed by atoms with Crippen LogP contribution in [0.25, 0.3) is 5.57 Å². The molecular weight excluding hydrogens is 422 g/mol. The molecule has 0 aromatic heterocycles. The van der Waals surface area contributed by atoms with E-state index in [1.165, 1.54) is 58.2 Å². The molecule has 6 heteroatoms. The second kappa shape index (κ2) is 13.8. The molecule has 1 aromatic rings. The number of carbonyl (C=O) groups is 1. The molecule has 0 radical (unpaired) electrons. The molecule has 0 saturated carbocycles. The fourth-order valence-electron chi connectivity index (χ4n) is 5.13. The summed E-state index contributed by atoms with van der Waals surface area (Å²) in [6.07, 6.45) is 12.4. The van der Waals surface area contributed by atoms with Gasteiger partial charge in [-0.15, -0.1) is 0 Å². The third kappa shape index (κ3) is 8.03. The molecule has 0 spiro atoms. The Kier molecular flexibility index (Phi) is 10.8. The first-order chi connectivity index (χ1) is 16.5. The molecule has 1 amide bonds. The zero-order valence-electron chi connectivity index (χ0n) is 21.6. The first-order valence-electron chi connectivity index (χ1n) is 13.2. The SMILES string of the molecule is C/C=C(\C=NC(C)N1CCC(CCN2CCCCC2)CC1)c1cccc(CN(C)C(=O)CN)c1. The van der Waals surface area contributed by atoms with Crippen molar-refractivity contribution in [1.82, 2.24) is 14.7 Å². The number of hydrogen-bond donors (Lipinski definition) is 1. The molecule has 2 fully saturated rings. The lowest BCUT2D eigenvalue weighted by Crippen LogP contribution is -2.40. The van der Waals surface area contributed by atoms with Gasteiger partial charge in [0.25, 0.3) is 0 Å². The van der Waals surface area contributed by atoms with Crippen LogP contribution in [0.15, 0.2) is 35.3 Å². The Labute approximate surface area is 206 Å². The van der Waals surface area contributed by atoms with Gasteiger partial charge in [0.05, 0.1) is 12.7 Å². The highest BCUT2D eigenvalue weighted by molar-refractivity contribution is 6.09. The summed E-state index contributed by atoms with van der Waals surface area (Å²) in [5.74, 6) is 0.815. The third-order valence-corrected chi connectivity index (χ3v) is 7.50. The number of hydrogen-bond acceptors (Lipinski definition) is 5. The second-order valence-electron chi connectivity index (χ2n) is 9.98. The zero-order chi connectivity index (χ0) is 24.3. The second-order valence-corrected chi connectivity index (χ2v) is 9.98. The van der Waals surface area contributed by atoms with Gasteiger partial charge < -0.3 is 15.5 Å². The van der Waals surface area contributed by atoms with E-state index in [9.17, 15) is 4.79 Å². The minimum absolute atomic E-state index is 0.0382. The summed E-state index contributed by atoms with van der Waals surface area (Å²) in [4.78, 5) is 23.6. The molecule has 1 aromatic carbocycles. The fraction of sp³-hybridized carbons (Fsp3) is 0.643. The number of allylic oxidation sites excluding steroid dienone is 2. The third-order valence-electron chi connectivity index (χ3n) is 7.50. The molecular formula is C28H45N5O. The van der Waals surface area contributed by atoms with Crippen LogP contribution in [-0.2, 0) is 11.3 Å². The van der Waals surface area contributed by atoms with Gasteiger partial charge in [0.15, 0.2) is 0 Å². The van der Waals surface area contributed by atoms with E-state index in [1.54, 1.807) is 11.9 Å². The van der Waals surface area contributed by atoms with E-state index < -0.39 is 0 Å². The van der Waals surface area contributed by atoms with Crippen molar-refractivity contribution in [2.75, 3.05) is 46.3 Å². The van der Waals surface area contributed by atoms with E-state index in [2.05, 4.69) is 41.9 Å². The van der Waals surface area contributed by atoms with Gasteiger partial charge in [0.2, 0.25) is 5.91 Å². The summed E-state index contributed by atoms with van der Waals surface area (Å²) in [7, 11) is 1.79. The monoisotopic (exact) mass is 467 g/mol. The minimum Gasteiger partial charge on any atom is -0.340 e. The average molecular weight is 468 g/mol. The zero-order valence-corrected chi connectivity index (χ0v) is 21.6. The number of nitrogens with two attached hydrogens (primary N) is 1. The number of aliphatic imine (C=N–C) groups is 1. The Bertz CT molecular complexity index is 822. The van der Waals surface area contributed by atoms with Crippen LogP contribution in [0.2, 0.25) is 0 Å². The number of piperidine rings is 2. The smallest absolute Gasteiger partial charge is 0.236 e. The van der Waals surface area contributed by atoms with E-state index in [1.807, 2.05) is 18.3 Å². The first kappa shape index (κ1) is 26.6. The fourth-order valence-corrected chi connectivity index (χ4v) is 5.13. The van der Waals surface area contributed by atoms with Gasteiger partial charge in [-0.1, -0.05) is 30.7 Å². The van der Waals surface area contributed by atoms with Crippen LogP contribution in [0.1, 0.15) is 63.5 Å². The highest BCUT2D eigenvalue weighted by Gasteiger charge is 2.23. The lowest BCUT2D eigenvalue weighted by Gasteiger charge is -2.35. The maximum Gasteiger partial charge on any atom is 0.236 e. The summed E-state index contributed by atoms with van der Waals surface area (Å²) in [5.41, 5.74) is 8.81. The van der Waals surface area contributed by atoms with Gasteiger partial charge >= 0.3 is 0 Å². The molecule has 0 bridgehead atoms. The van der Waals surface area contributed by atoms with Gasteiger partial charge in [0.1, 0.15) is 0 Å². The summed E-state index contributed by atoms with van der Waals surface area (Å²) in [6, 6.07) is 8.33. The van der Waals surface area contributed by atoms with Crippen molar-refractivity contribution in [3.8, 4) is 0 Å². The lowest BCUT2D eigenvalue weighted by atomic mass is 9.93. The van der Waals surface area contributed by atoms with Crippen molar-refractivity contribution in [3.05, 3.63) is 41.5 Å². The Morgan fingerprint density at radius 1 is 1.21 bits per heavy atom. The molecule has 2 saturated heterocycles. The molecule has 2 N–H and O–H groups in total. The van der Waals surface area contributed by atoms with E-state index >= 15 is 0 Å². The highest BCUT2D eigenvalue weighted by atomic mass is 16.2. The van der Waals surface area contributed by atoms with Crippen LogP contribution in [0.5, 0.6) is 0 Å². The predicted molar refractivity (Wildman–Crippen MR) is 143 cm³/mol. The summed E-state index contributed by atoms with van der Waals surface area (Å²) >= 11 is 0. The van der Waals surface area contributed by atoms with Crippen LogP contribution < -0.4 is 5.73 Å². The first-order valence-corrected chi connectivity index (χ1v) is 13.2. The Morgan fingerprint density at radius 3 is 2.62 bits per heavy atom. The van der Waals surface area contributed by atoms with Crippen LogP contribution in [0.4, 0.5) is 0 Å². The minimum atomic E-state index is -0.0534. The van der Waals surface area contributed by atoms with E-state index in [-0.39, 0.29) is 18.6 Å². The summed E-state index contributed by atoms with van der Waals surface area (Å²) < 4.78 is 0. The topological polar surface area (TPSA) is 65.2 Å². The molecule has 1 unspecified atom stereocenters. The van der Waals surface area contributed by atoms with Gasteiger partial charge in [-0.2, -0.15) is 0 Å². The molecule has 2 aliphatic rings. The number of likely N-dealkylation sites (N-methyl/N-ethyl adjacent to an activating group) is 1. The molecule has 1 atom stereocenters. The Balaban J connectivity index is 1.48. The van der Waals surface area contributed by atoms with E-state index in [4.69, 9.17) is 10.7 Å². The van der Waals surface area contributed by atoms with Gasteiger partial charge in [-0.05, 0) is 94.3 Å². The quantitative estimate of drug-likeness (QED) is 0.528. The number of carbonyl (C=O) groups excluding carboxylic acids is 1. The van der Waals surface area contributed by atoms with Crippen molar-refractivity contribution >= 4 is 17.7 Å². The molecule has 34 heavy (non-hydrogen) atoms. The molecule has 2 heterocycles. The van der Waals surface area contributed by atoms with Crippen molar-refractivity contribution < 1.29 is 4.79 Å². The Morgan fingerprint density at radius 2 is 1.94 bits per heavy atom. The molecule has 3 rings (SSSR count). The molecule has 0 aliphatic carbocycles. The van der Waals surface area contributed by atoms with Crippen LogP contribution >= 0.6 is 0 Å². The largest absolute Gasteiger partial charge is 0.340 e. The maximum atomic E-state index is 11.8. The predicted octanol–water partition coefficient (Wildman–Crippen LogP) is 4.01. The van der Waals surface area contributed by atoms with Gasteiger partial charge in [0, 0.05) is 32.9 Å². The number of benzene rings is 1.